The number of carboxylic acids is 1. The molecule has 1 aliphatic heterocycles. The maximum Gasteiger partial charge on any atom is 0.341 e. The third-order valence-corrected chi connectivity index (χ3v) is 4.63. The summed E-state index contributed by atoms with van der Waals surface area (Å²) in [5.41, 5.74) is 0.0436. The SMILES string of the molecule is O=C(O)COc1ccc(Br)cc1/C=C1\C(=O)NC(=O)N(c2ccccc2Cl)C1=O. The summed E-state index contributed by atoms with van der Waals surface area (Å²) in [5.74, 6) is -2.82. The number of benzene rings is 2. The van der Waals surface area contributed by atoms with Crippen molar-refractivity contribution < 1.29 is 29.0 Å². The standard InChI is InChI=1S/C19H12BrClN2O6/c20-11-5-6-15(29-9-16(24)25)10(7-11)8-12-17(26)22-19(28)23(18(12)27)14-4-2-1-3-13(14)21/h1-8H,9H2,(H,24,25)(H,22,26,28)/b12-8+. The molecule has 4 amide bonds. The zero-order valence-electron chi connectivity index (χ0n) is 14.5. The number of hydrogen-bond donors (Lipinski definition) is 2. The molecule has 0 spiro atoms. The number of anilines is 1. The van der Waals surface area contributed by atoms with Gasteiger partial charge < -0.3 is 9.84 Å². The zero-order valence-corrected chi connectivity index (χ0v) is 16.9. The maximum absolute atomic E-state index is 12.9. The Morgan fingerprint density at radius 2 is 1.93 bits per heavy atom. The number of amides is 4. The highest BCUT2D eigenvalue weighted by Crippen LogP contribution is 2.30. The van der Waals surface area contributed by atoms with Crippen LogP contribution in [-0.4, -0.2) is 35.5 Å². The van der Waals surface area contributed by atoms with Gasteiger partial charge in [-0.2, -0.15) is 0 Å². The quantitative estimate of drug-likeness (QED) is 0.503. The van der Waals surface area contributed by atoms with Crippen LogP contribution >= 0.6 is 27.5 Å². The Hall–Kier alpha value is -3.17. The maximum atomic E-state index is 12.9. The van der Waals surface area contributed by atoms with Gasteiger partial charge in [0.05, 0.1) is 10.7 Å². The van der Waals surface area contributed by atoms with Gasteiger partial charge in [0, 0.05) is 10.0 Å². The van der Waals surface area contributed by atoms with Crippen LogP contribution in [0.25, 0.3) is 6.08 Å². The van der Waals surface area contributed by atoms with Crippen molar-refractivity contribution in [1.82, 2.24) is 5.32 Å². The van der Waals surface area contributed by atoms with E-state index >= 15 is 0 Å². The van der Waals surface area contributed by atoms with E-state index < -0.39 is 30.4 Å². The third-order valence-electron chi connectivity index (χ3n) is 3.82. The van der Waals surface area contributed by atoms with E-state index in [4.69, 9.17) is 21.4 Å². The lowest BCUT2D eigenvalue weighted by Crippen LogP contribution is -2.54. The van der Waals surface area contributed by atoms with E-state index in [-0.39, 0.29) is 27.6 Å². The topological polar surface area (TPSA) is 113 Å². The molecule has 3 rings (SSSR count). The number of para-hydroxylation sites is 1. The van der Waals surface area contributed by atoms with Gasteiger partial charge in [0.25, 0.3) is 11.8 Å². The fourth-order valence-corrected chi connectivity index (χ4v) is 3.17. The van der Waals surface area contributed by atoms with Crippen molar-refractivity contribution in [1.29, 1.82) is 0 Å². The number of imide groups is 2. The fourth-order valence-electron chi connectivity index (χ4n) is 2.57. The van der Waals surface area contributed by atoms with Gasteiger partial charge >= 0.3 is 12.0 Å². The van der Waals surface area contributed by atoms with Crippen molar-refractivity contribution in [3.63, 3.8) is 0 Å². The molecule has 1 heterocycles. The number of nitrogens with zero attached hydrogens (tertiary/aromatic N) is 1. The summed E-state index contributed by atoms with van der Waals surface area (Å²) in [4.78, 5) is 49.1. The summed E-state index contributed by atoms with van der Waals surface area (Å²) in [6, 6.07) is 9.91. The van der Waals surface area contributed by atoms with E-state index in [0.29, 0.717) is 4.47 Å². The number of hydrogen-bond acceptors (Lipinski definition) is 5. The third kappa shape index (κ3) is 4.47. The van der Waals surface area contributed by atoms with Crippen LogP contribution in [0.15, 0.2) is 52.5 Å². The number of carbonyl (C=O) groups is 4. The van der Waals surface area contributed by atoms with Crippen LogP contribution in [0.1, 0.15) is 5.56 Å². The fraction of sp³-hybridized carbons (Fsp3) is 0.0526. The average Bonchev–Trinajstić information content (AvgIpc) is 2.65. The lowest BCUT2D eigenvalue weighted by Gasteiger charge is -2.27. The number of barbiturate groups is 1. The number of rotatable bonds is 5. The second-order valence-corrected chi connectivity index (χ2v) is 7.10. The summed E-state index contributed by atoms with van der Waals surface area (Å²) in [7, 11) is 0. The van der Waals surface area contributed by atoms with E-state index in [1.807, 2.05) is 0 Å². The second-order valence-electron chi connectivity index (χ2n) is 5.77. The first kappa shape index (κ1) is 20.6. The smallest absolute Gasteiger partial charge is 0.341 e. The first-order chi connectivity index (χ1) is 13.8. The Kier molecular flexibility index (Phi) is 6.00. The molecule has 0 radical (unpaired) electrons. The molecule has 10 heteroatoms. The number of ether oxygens (including phenoxy) is 1. The van der Waals surface area contributed by atoms with Crippen LogP contribution in [0.3, 0.4) is 0 Å². The van der Waals surface area contributed by atoms with Gasteiger partial charge in [-0.3, -0.25) is 14.9 Å². The highest BCUT2D eigenvalue weighted by molar-refractivity contribution is 9.10. The van der Waals surface area contributed by atoms with Gasteiger partial charge in [-0.25, -0.2) is 14.5 Å². The molecule has 8 nitrogen and oxygen atoms in total. The van der Waals surface area contributed by atoms with Gasteiger partial charge in [0.15, 0.2) is 6.61 Å². The largest absolute Gasteiger partial charge is 0.481 e. The van der Waals surface area contributed by atoms with Gasteiger partial charge in [0.2, 0.25) is 0 Å². The van der Waals surface area contributed by atoms with Crippen molar-refractivity contribution in [3.05, 3.63) is 63.1 Å². The van der Waals surface area contributed by atoms with E-state index in [0.717, 1.165) is 4.90 Å². The van der Waals surface area contributed by atoms with Gasteiger partial charge in [0.1, 0.15) is 11.3 Å². The molecule has 0 aromatic heterocycles. The number of aliphatic carboxylic acids is 1. The first-order valence-electron chi connectivity index (χ1n) is 8.08. The van der Waals surface area contributed by atoms with Crippen molar-refractivity contribution in [3.8, 4) is 5.75 Å². The molecule has 1 aliphatic rings. The molecule has 0 saturated carbocycles. The summed E-state index contributed by atoms with van der Waals surface area (Å²) < 4.78 is 5.81. The number of nitrogens with one attached hydrogen (secondary N) is 1. The summed E-state index contributed by atoms with van der Waals surface area (Å²) in [5, 5.41) is 11.1. The predicted molar refractivity (Wildman–Crippen MR) is 108 cm³/mol. The molecule has 2 aromatic rings. The molecular formula is C19H12BrClN2O6. The van der Waals surface area contributed by atoms with E-state index in [9.17, 15) is 19.2 Å². The van der Waals surface area contributed by atoms with Gasteiger partial charge in [-0.05, 0) is 36.4 Å². The van der Waals surface area contributed by atoms with Crippen LogP contribution in [0.4, 0.5) is 10.5 Å². The molecule has 29 heavy (non-hydrogen) atoms. The first-order valence-corrected chi connectivity index (χ1v) is 9.25. The monoisotopic (exact) mass is 478 g/mol. The number of carboxylic acid groups (broad SMARTS) is 1. The molecule has 148 valence electrons. The number of urea groups is 1. The molecule has 0 unspecified atom stereocenters. The molecule has 1 saturated heterocycles. The molecule has 0 bridgehead atoms. The Balaban J connectivity index is 2.04. The molecular weight excluding hydrogens is 468 g/mol. The van der Waals surface area contributed by atoms with Crippen molar-refractivity contribution in [2.45, 2.75) is 0 Å². The highest BCUT2D eigenvalue weighted by Gasteiger charge is 2.37. The number of carbonyl (C=O) groups excluding carboxylic acids is 3. The Labute approximate surface area is 177 Å². The van der Waals surface area contributed by atoms with Crippen LogP contribution in [0.2, 0.25) is 5.02 Å². The molecule has 0 atom stereocenters. The lowest BCUT2D eigenvalue weighted by molar-refractivity contribution is -0.139. The molecule has 2 aromatic carbocycles. The highest BCUT2D eigenvalue weighted by atomic mass is 79.9. The predicted octanol–water partition coefficient (Wildman–Crippen LogP) is 3.23. The van der Waals surface area contributed by atoms with Crippen LogP contribution in [0.5, 0.6) is 5.75 Å². The average molecular weight is 480 g/mol. The van der Waals surface area contributed by atoms with Gasteiger partial charge in [-0.15, -0.1) is 0 Å². The summed E-state index contributed by atoms with van der Waals surface area (Å²) in [6.45, 7) is -0.609. The van der Waals surface area contributed by atoms with Crippen molar-refractivity contribution in [2.24, 2.45) is 0 Å². The van der Waals surface area contributed by atoms with Crippen LogP contribution in [0, 0.1) is 0 Å². The summed E-state index contributed by atoms with van der Waals surface area (Å²) in [6.07, 6.45) is 1.22. The van der Waals surface area contributed by atoms with Crippen molar-refractivity contribution in [2.75, 3.05) is 11.5 Å². The van der Waals surface area contributed by atoms with E-state index in [1.54, 1.807) is 24.3 Å². The Morgan fingerprint density at radius 3 is 2.62 bits per heavy atom. The molecule has 1 fully saturated rings. The summed E-state index contributed by atoms with van der Waals surface area (Å²) >= 11 is 9.36. The van der Waals surface area contributed by atoms with E-state index in [1.165, 1.54) is 24.3 Å². The number of halogens is 2. The lowest BCUT2D eigenvalue weighted by atomic mass is 10.1. The Morgan fingerprint density at radius 1 is 1.21 bits per heavy atom. The van der Waals surface area contributed by atoms with E-state index in [2.05, 4.69) is 21.2 Å². The van der Waals surface area contributed by atoms with Gasteiger partial charge in [-0.1, -0.05) is 39.7 Å². The second kappa shape index (κ2) is 8.46. The van der Waals surface area contributed by atoms with Crippen LogP contribution < -0.4 is 15.0 Å². The Bertz CT molecular complexity index is 1070. The molecule has 0 aliphatic carbocycles. The van der Waals surface area contributed by atoms with Crippen molar-refractivity contribution >= 4 is 63.1 Å². The normalized spacial score (nSPS) is 15.4. The minimum atomic E-state index is -1.19. The molecule has 2 N–H and O–H groups in total. The minimum absolute atomic E-state index is 0.117. The van der Waals surface area contributed by atoms with Crippen LogP contribution in [-0.2, 0) is 14.4 Å². The minimum Gasteiger partial charge on any atom is -0.481 e. The zero-order chi connectivity index (χ0) is 21.1.